The highest BCUT2D eigenvalue weighted by molar-refractivity contribution is 6.33. The molecule has 0 aliphatic rings. The fraction of sp³-hybridized carbons (Fsp3) is 0. The van der Waals surface area contributed by atoms with E-state index in [1.807, 2.05) is 42.5 Å². The fourth-order valence-corrected chi connectivity index (χ4v) is 2.04. The number of hydrogen-bond donors (Lipinski definition) is 2. The van der Waals surface area contributed by atoms with Crippen molar-refractivity contribution in [3.63, 3.8) is 0 Å². The van der Waals surface area contributed by atoms with E-state index < -0.39 is 0 Å². The molecule has 0 saturated carbocycles. The third kappa shape index (κ3) is 2.71. The number of aromatic amines is 1. The number of anilines is 1. The molecule has 0 atom stereocenters. The van der Waals surface area contributed by atoms with Crippen molar-refractivity contribution in [1.82, 2.24) is 9.97 Å². The predicted octanol–water partition coefficient (Wildman–Crippen LogP) is 3.56. The molecule has 6 heteroatoms. The Balaban J connectivity index is 1.93. The molecule has 0 saturated heterocycles. The van der Waals surface area contributed by atoms with E-state index >= 15 is 0 Å². The number of fused-ring (bicyclic) bond motifs is 1. The minimum absolute atomic E-state index is 0.158. The van der Waals surface area contributed by atoms with E-state index in [1.165, 1.54) is 0 Å². The average molecular weight is 296 g/mol. The third-order valence-corrected chi connectivity index (χ3v) is 3.21. The van der Waals surface area contributed by atoms with Crippen molar-refractivity contribution in [2.45, 2.75) is 0 Å². The summed E-state index contributed by atoms with van der Waals surface area (Å²) in [6.45, 7) is 0. The minimum Gasteiger partial charge on any atom is -0.336 e. The van der Waals surface area contributed by atoms with Crippen LogP contribution in [0.3, 0.4) is 0 Å². The summed E-state index contributed by atoms with van der Waals surface area (Å²) in [5.41, 5.74) is 5.21. The van der Waals surface area contributed by atoms with E-state index in [2.05, 4.69) is 20.5 Å². The molecule has 0 unspecified atom stereocenters. The van der Waals surface area contributed by atoms with Gasteiger partial charge in [0.05, 0.1) is 21.7 Å². The maximum atomic E-state index is 9.24. The SMILES string of the molecule is N#CC(=NNc1ccccc1Cl)c1nc2ccccc2[nH]1. The minimum atomic E-state index is 0.158. The molecule has 2 aromatic carbocycles. The van der Waals surface area contributed by atoms with Gasteiger partial charge >= 0.3 is 0 Å². The lowest BCUT2D eigenvalue weighted by Crippen LogP contribution is -2.04. The summed E-state index contributed by atoms with van der Waals surface area (Å²) in [4.78, 5) is 7.40. The number of nitrogens with zero attached hydrogens (tertiary/aromatic N) is 3. The lowest BCUT2D eigenvalue weighted by molar-refractivity contribution is 1.25. The van der Waals surface area contributed by atoms with Gasteiger partial charge in [-0.2, -0.15) is 10.4 Å². The topological polar surface area (TPSA) is 76.9 Å². The Labute approximate surface area is 125 Å². The van der Waals surface area contributed by atoms with Gasteiger partial charge in [-0.05, 0) is 24.3 Å². The number of imidazole rings is 1. The van der Waals surface area contributed by atoms with Crippen LogP contribution < -0.4 is 5.43 Å². The van der Waals surface area contributed by atoms with Crippen LogP contribution in [0.2, 0.25) is 5.02 Å². The number of halogens is 1. The Morgan fingerprint density at radius 1 is 1.19 bits per heavy atom. The van der Waals surface area contributed by atoms with Gasteiger partial charge < -0.3 is 4.98 Å². The summed E-state index contributed by atoms with van der Waals surface area (Å²) in [5.74, 6) is 0.415. The number of aromatic nitrogens is 2. The van der Waals surface area contributed by atoms with Gasteiger partial charge in [-0.1, -0.05) is 35.9 Å². The van der Waals surface area contributed by atoms with E-state index in [4.69, 9.17) is 11.6 Å². The van der Waals surface area contributed by atoms with Gasteiger partial charge in [0.25, 0.3) is 0 Å². The summed E-state index contributed by atoms with van der Waals surface area (Å²) in [6.07, 6.45) is 0. The molecule has 0 aliphatic heterocycles. The van der Waals surface area contributed by atoms with Crippen LogP contribution in [0.4, 0.5) is 5.69 Å². The molecule has 0 radical (unpaired) electrons. The van der Waals surface area contributed by atoms with Crippen LogP contribution in [-0.2, 0) is 0 Å². The molecule has 5 nitrogen and oxygen atoms in total. The van der Waals surface area contributed by atoms with Gasteiger partial charge in [0, 0.05) is 0 Å². The standard InChI is InChI=1S/C15H10ClN5/c16-10-5-1-2-6-11(10)20-21-14(9-17)15-18-12-7-3-4-8-13(12)19-15/h1-8,20H,(H,18,19). The molecule has 3 rings (SSSR count). The number of nitrogens with one attached hydrogen (secondary N) is 2. The molecule has 0 bridgehead atoms. The normalized spacial score (nSPS) is 11.3. The van der Waals surface area contributed by atoms with Gasteiger partial charge in [-0.25, -0.2) is 4.98 Å². The quantitative estimate of drug-likeness (QED) is 0.573. The second-order valence-corrected chi connectivity index (χ2v) is 4.67. The summed E-state index contributed by atoms with van der Waals surface area (Å²) in [5, 5.41) is 13.8. The molecule has 102 valence electrons. The van der Waals surface area contributed by atoms with E-state index in [9.17, 15) is 5.26 Å². The fourth-order valence-electron chi connectivity index (χ4n) is 1.86. The van der Waals surface area contributed by atoms with Crippen LogP contribution in [0.25, 0.3) is 11.0 Å². The van der Waals surface area contributed by atoms with Crippen LogP contribution >= 0.6 is 11.6 Å². The molecule has 0 fully saturated rings. The first kappa shape index (κ1) is 13.2. The van der Waals surface area contributed by atoms with Crippen molar-refractivity contribution in [3.8, 4) is 6.07 Å². The molecule has 21 heavy (non-hydrogen) atoms. The predicted molar refractivity (Wildman–Crippen MR) is 83.3 cm³/mol. The first-order valence-corrected chi connectivity index (χ1v) is 6.59. The van der Waals surface area contributed by atoms with Gasteiger partial charge in [-0.15, -0.1) is 0 Å². The smallest absolute Gasteiger partial charge is 0.203 e. The highest BCUT2D eigenvalue weighted by Crippen LogP contribution is 2.20. The number of para-hydroxylation sites is 3. The van der Waals surface area contributed by atoms with Crippen LogP contribution in [0.1, 0.15) is 5.82 Å². The first-order valence-electron chi connectivity index (χ1n) is 6.21. The lowest BCUT2D eigenvalue weighted by atomic mass is 10.3. The molecule has 0 amide bonds. The van der Waals surface area contributed by atoms with E-state index in [0.29, 0.717) is 16.5 Å². The number of benzene rings is 2. The molecule has 0 spiro atoms. The zero-order chi connectivity index (χ0) is 14.7. The molecule has 3 aromatic rings. The van der Waals surface area contributed by atoms with Gasteiger partial charge in [0.15, 0.2) is 5.82 Å². The van der Waals surface area contributed by atoms with Gasteiger partial charge in [0.1, 0.15) is 6.07 Å². The number of rotatable bonds is 3. The number of hydrogen-bond acceptors (Lipinski definition) is 4. The molecule has 0 aliphatic carbocycles. The first-order chi connectivity index (χ1) is 10.3. The lowest BCUT2D eigenvalue weighted by Gasteiger charge is -2.02. The van der Waals surface area contributed by atoms with Crippen molar-refractivity contribution in [2.24, 2.45) is 5.10 Å². The maximum absolute atomic E-state index is 9.24. The van der Waals surface area contributed by atoms with Crippen molar-refractivity contribution < 1.29 is 0 Å². The molecular formula is C15H10ClN5. The summed E-state index contributed by atoms with van der Waals surface area (Å²) in [6, 6.07) is 16.7. The third-order valence-electron chi connectivity index (χ3n) is 2.88. The van der Waals surface area contributed by atoms with E-state index in [0.717, 1.165) is 11.0 Å². The second kappa shape index (κ2) is 5.65. The number of nitriles is 1. The van der Waals surface area contributed by atoms with Crippen molar-refractivity contribution in [3.05, 3.63) is 59.4 Å². The van der Waals surface area contributed by atoms with Crippen LogP contribution in [0, 0.1) is 11.3 Å². The van der Waals surface area contributed by atoms with E-state index in [1.54, 1.807) is 12.1 Å². The summed E-state index contributed by atoms with van der Waals surface area (Å²) in [7, 11) is 0. The molecule has 1 aromatic heterocycles. The van der Waals surface area contributed by atoms with Crippen LogP contribution in [0.5, 0.6) is 0 Å². The highest BCUT2D eigenvalue weighted by atomic mass is 35.5. The number of hydrazone groups is 1. The Morgan fingerprint density at radius 2 is 1.95 bits per heavy atom. The molecule has 1 heterocycles. The monoisotopic (exact) mass is 295 g/mol. The highest BCUT2D eigenvalue weighted by Gasteiger charge is 2.09. The van der Waals surface area contributed by atoms with Crippen molar-refractivity contribution in [2.75, 3.05) is 5.43 Å². The van der Waals surface area contributed by atoms with Crippen LogP contribution in [0.15, 0.2) is 53.6 Å². The maximum Gasteiger partial charge on any atom is 0.203 e. The summed E-state index contributed by atoms with van der Waals surface area (Å²) >= 11 is 6.02. The summed E-state index contributed by atoms with van der Waals surface area (Å²) < 4.78 is 0. The Morgan fingerprint density at radius 3 is 2.71 bits per heavy atom. The van der Waals surface area contributed by atoms with Crippen molar-refractivity contribution in [1.29, 1.82) is 5.26 Å². The largest absolute Gasteiger partial charge is 0.336 e. The Bertz CT molecular complexity index is 827. The van der Waals surface area contributed by atoms with E-state index in [-0.39, 0.29) is 5.71 Å². The second-order valence-electron chi connectivity index (χ2n) is 4.27. The average Bonchev–Trinajstić information content (AvgIpc) is 2.93. The Hall–Kier alpha value is -2.84. The van der Waals surface area contributed by atoms with Crippen molar-refractivity contribution >= 4 is 34.0 Å². The van der Waals surface area contributed by atoms with Crippen LogP contribution in [-0.4, -0.2) is 15.7 Å². The Kier molecular flexibility index (Phi) is 3.54. The number of H-pyrrole nitrogens is 1. The zero-order valence-corrected chi connectivity index (χ0v) is 11.6. The van der Waals surface area contributed by atoms with Gasteiger partial charge in [0.2, 0.25) is 5.71 Å². The molecule has 2 N–H and O–H groups in total. The van der Waals surface area contributed by atoms with Gasteiger partial charge in [-0.3, -0.25) is 5.43 Å². The molecular weight excluding hydrogens is 286 g/mol. The zero-order valence-electron chi connectivity index (χ0n) is 10.8.